The third-order valence-corrected chi connectivity index (χ3v) is 6.75. The highest BCUT2D eigenvalue weighted by Gasteiger charge is 2.51. The molecule has 0 aliphatic heterocycles. The maximum atomic E-state index is 6.49. The first-order chi connectivity index (χ1) is 13.6. The molecule has 6 rings (SSSR count). The fraction of sp³-hybridized carbons (Fsp3) is 0.545. The van der Waals surface area contributed by atoms with E-state index in [1.807, 2.05) is 31.2 Å². The van der Waals surface area contributed by atoms with Gasteiger partial charge in [-0.2, -0.15) is 0 Å². The molecule has 0 unspecified atom stereocenters. The summed E-state index contributed by atoms with van der Waals surface area (Å²) in [7, 11) is 0. The third kappa shape index (κ3) is 3.15. The lowest BCUT2D eigenvalue weighted by molar-refractivity contribution is 0.0106. The van der Waals surface area contributed by atoms with Gasteiger partial charge in [-0.3, -0.25) is 0 Å². The van der Waals surface area contributed by atoms with Crippen LogP contribution in [0.1, 0.15) is 45.4 Å². The summed E-state index contributed by atoms with van der Waals surface area (Å²) < 4.78 is 5.71. The second kappa shape index (κ2) is 6.83. The molecule has 0 radical (unpaired) electrons. The average molecular weight is 380 g/mol. The summed E-state index contributed by atoms with van der Waals surface area (Å²) in [5.41, 5.74) is 8.09. The quantitative estimate of drug-likeness (QED) is 0.681. The molecule has 6 nitrogen and oxygen atoms in total. The Morgan fingerprint density at radius 1 is 1.04 bits per heavy atom. The topological polar surface area (TPSA) is 85.1 Å². The lowest BCUT2D eigenvalue weighted by atomic mass is 9.53. The van der Waals surface area contributed by atoms with E-state index < -0.39 is 0 Å². The number of aromatic nitrogens is 2. The van der Waals surface area contributed by atoms with Gasteiger partial charge < -0.3 is 21.1 Å². The largest absolute Gasteiger partial charge is 0.492 e. The van der Waals surface area contributed by atoms with Gasteiger partial charge in [-0.15, -0.1) is 0 Å². The first-order valence-electron chi connectivity index (χ1n) is 10.5. The maximum Gasteiger partial charge on any atom is 0.159 e. The van der Waals surface area contributed by atoms with Crippen molar-refractivity contribution in [2.75, 3.05) is 23.0 Å². The van der Waals surface area contributed by atoms with E-state index >= 15 is 0 Å². The molecule has 4 fully saturated rings. The highest BCUT2D eigenvalue weighted by molar-refractivity contribution is 5.79. The summed E-state index contributed by atoms with van der Waals surface area (Å²) in [6.45, 7) is 2.58. The number of anilines is 4. The Morgan fingerprint density at radius 2 is 1.68 bits per heavy atom. The van der Waals surface area contributed by atoms with Crippen LogP contribution in [0.2, 0.25) is 0 Å². The first kappa shape index (κ1) is 17.6. The lowest BCUT2D eigenvalue weighted by Crippen LogP contribution is -2.55. The van der Waals surface area contributed by atoms with Crippen LogP contribution in [0.4, 0.5) is 23.0 Å². The zero-order valence-corrected chi connectivity index (χ0v) is 16.4. The van der Waals surface area contributed by atoms with Crippen molar-refractivity contribution < 1.29 is 4.74 Å². The van der Waals surface area contributed by atoms with Crippen LogP contribution in [0.5, 0.6) is 5.75 Å². The molecular formula is C22H29N5O. The van der Waals surface area contributed by atoms with Gasteiger partial charge in [0.05, 0.1) is 12.3 Å². The molecule has 4 N–H and O–H groups in total. The molecule has 2 aromatic rings. The number of benzene rings is 1. The Hall–Kier alpha value is -2.50. The van der Waals surface area contributed by atoms with Crippen LogP contribution in [-0.2, 0) is 0 Å². The molecular weight excluding hydrogens is 350 g/mol. The second-order valence-corrected chi connectivity index (χ2v) is 8.86. The number of rotatable bonds is 6. The van der Waals surface area contributed by atoms with Gasteiger partial charge in [0.1, 0.15) is 17.8 Å². The number of nitrogen functional groups attached to an aromatic ring is 1. The summed E-state index contributed by atoms with van der Waals surface area (Å²) in [4.78, 5) is 8.88. The second-order valence-electron chi connectivity index (χ2n) is 8.86. The van der Waals surface area contributed by atoms with Crippen molar-refractivity contribution in [2.45, 2.75) is 51.0 Å². The van der Waals surface area contributed by atoms with E-state index in [0.717, 1.165) is 35.0 Å². The number of hydrogen-bond donors (Lipinski definition) is 3. The minimum Gasteiger partial charge on any atom is -0.492 e. The first-order valence-corrected chi connectivity index (χ1v) is 10.5. The zero-order chi connectivity index (χ0) is 19.1. The molecule has 1 aromatic carbocycles. The highest BCUT2D eigenvalue weighted by atomic mass is 16.5. The van der Waals surface area contributed by atoms with Gasteiger partial charge in [-0.25, -0.2) is 9.97 Å². The number of ether oxygens (including phenoxy) is 1. The molecule has 1 heterocycles. The normalized spacial score (nSPS) is 30.2. The summed E-state index contributed by atoms with van der Waals surface area (Å²) in [6, 6.07) is 7.84. The van der Waals surface area contributed by atoms with E-state index in [1.165, 1.54) is 38.5 Å². The van der Waals surface area contributed by atoms with Gasteiger partial charge in [-0.05, 0) is 75.3 Å². The van der Waals surface area contributed by atoms with Crippen LogP contribution in [0.3, 0.4) is 0 Å². The predicted octanol–water partition coefficient (Wildman–Crippen LogP) is 4.58. The van der Waals surface area contributed by atoms with Crippen LogP contribution in [0.15, 0.2) is 30.6 Å². The molecule has 6 heteroatoms. The van der Waals surface area contributed by atoms with Gasteiger partial charge in [-0.1, -0.05) is 12.1 Å². The van der Waals surface area contributed by atoms with E-state index in [1.54, 1.807) is 6.33 Å². The van der Waals surface area contributed by atoms with Gasteiger partial charge in [0.25, 0.3) is 0 Å². The predicted molar refractivity (Wildman–Crippen MR) is 112 cm³/mol. The SMILES string of the molecule is CCOc1ccccc1Nc1ncnc(NC23CC4CC(CC(C4)C2)C3)c1N. The standard InChI is InChI=1S/C22H29N5O/c1-2-28-18-6-4-3-5-17(18)26-20-19(23)21(25-13-24-20)27-22-10-14-7-15(11-22)9-16(8-14)12-22/h3-6,13-16H,2,7-12,23H2,1H3,(H2,24,25,26,27). The van der Waals surface area contributed by atoms with Crippen molar-refractivity contribution in [1.82, 2.24) is 9.97 Å². The maximum absolute atomic E-state index is 6.49. The van der Waals surface area contributed by atoms with Crippen molar-refractivity contribution in [1.29, 1.82) is 0 Å². The van der Waals surface area contributed by atoms with Crippen LogP contribution in [0.25, 0.3) is 0 Å². The molecule has 0 atom stereocenters. The molecule has 4 aliphatic carbocycles. The fourth-order valence-corrected chi connectivity index (χ4v) is 6.09. The number of para-hydroxylation sites is 2. The van der Waals surface area contributed by atoms with Gasteiger partial charge >= 0.3 is 0 Å². The van der Waals surface area contributed by atoms with Gasteiger partial charge in [0, 0.05) is 5.54 Å². The Bertz CT molecular complexity index is 832. The monoisotopic (exact) mass is 379 g/mol. The fourth-order valence-electron chi connectivity index (χ4n) is 6.09. The molecule has 0 saturated heterocycles. The van der Waals surface area contributed by atoms with Crippen molar-refractivity contribution in [3.05, 3.63) is 30.6 Å². The molecule has 0 amide bonds. The molecule has 0 spiro atoms. The van der Waals surface area contributed by atoms with E-state index in [0.29, 0.717) is 18.1 Å². The van der Waals surface area contributed by atoms with Gasteiger partial charge in [0.15, 0.2) is 11.6 Å². The number of nitrogens with zero attached hydrogens (tertiary/aromatic N) is 2. The van der Waals surface area contributed by atoms with Crippen LogP contribution < -0.4 is 21.1 Å². The molecule has 4 bridgehead atoms. The van der Waals surface area contributed by atoms with E-state index in [2.05, 4.69) is 20.6 Å². The molecule has 148 valence electrons. The van der Waals surface area contributed by atoms with Crippen LogP contribution >= 0.6 is 0 Å². The zero-order valence-electron chi connectivity index (χ0n) is 16.4. The van der Waals surface area contributed by atoms with Crippen molar-refractivity contribution in [3.63, 3.8) is 0 Å². The van der Waals surface area contributed by atoms with E-state index in [9.17, 15) is 0 Å². The number of hydrogen-bond acceptors (Lipinski definition) is 6. The summed E-state index contributed by atoms with van der Waals surface area (Å²) in [6.07, 6.45) is 9.59. The summed E-state index contributed by atoms with van der Waals surface area (Å²) in [5.74, 6) is 4.79. The molecule has 4 aliphatic rings. The number of nitrogens with two attached hydrogens (primary N) is 1. The smallest absolute Gasteiger partial charge is 0.159 e. The average Bonchev–Trinajstić information content (AvgIpc) is 2.65. The Balaban J connectivity index is 1.39. The van der Waals surface area contributed by atoms with Crippen molar-refractivity contribution in [2.24, 2.45) is 17.8 Å². The minimum atomic E-state index is 0.164. The Morgan fingerprint density at radius 3 is 2.36 bits per heavy atom. The van der Waals surface area contributed by atoms with Gasteiger partial charge in [0.2, 0.25) is 0 Å². The summed E-state index contributed by atoms with van der Waals surface area (Å²) in [5, 5.41) is 7.11. The van der Waals surface area contributed by atoms with E-state index in [-0.39, 0.29) is 5.54 Å². The molecule has 1 aromatic heterocycles. The van der Waals surface area contributed by atoms with Crippen LogP contribution in [0, 0.1) is 17.8 Å². The third-order valence-electron chi connectivity index (χ3n) is 6.75. The number of nitrogens with one attached hydrogen (secondary N) is 2. The van der Waals surface area contributed by atoms with Crippen molar-refractivity contribution >= 4 is 23.0 Å². The van der Waals surface area contributed by atoms with Crippen molar-refractivity contribution in [3.8, 4) is 5.75 Å². The minimum absolute atomic E-state index is 0.164. The lowest BCUT2D eigenvalue weighted by Gasteiger charge is -2.57. The molecule has 28 heavy (non-hydrogen) atoms. The molecule has 4 saturated carbocycles. The van der Waals surface area contributed by atoms with E-state index in [4.69, 9.17) is 10.5 Å². The van der Waals surface area contributed by atoms with Crippen LogP contribution in [-0.4, -0.2) is 22.1 Å². The highest BCUT2D eigenvalue weighted by Crippen LogP contribution is 2.56. The summed E-state index contributed by atoms with van der Waals surface area (Å²) >= 11 is 0. The Kier molecular flexibility index (Phi) is 4.29. The Labute approximate surface area is 166 Å².